The van der Waals surface area contributed by atoms with E-state index in [1.807, 2.05) is 44.3 Å². The van der Waals surface area contributed by atoms with E-state index in [-0.39, 0.29) is 41.5 Å². The van der Waals surface area contributed by atoms with Gasteiger partial charge < -0.3 is 7.43 Å². The molecule has 0 bridgehead atoms. The third kappa shape index (κ3) is 6.03. The van der Waals surface area contributed by atoms with Gasteiger partial charge in [-0.25, -0.2) is 4.39 Å². The SMILES string of the molecule is C/C=C(\N=CCC)C(c1cccc(Br)c1)c1cccc(F)c1C.[CH3-].[Ta]. The summed E-state index contributed by atoms with van der Waals surface area (Å²) < 4.78 is 15.1. The summed E-state index contributed by atoms with van der Waals surface area (Å²) in [7, 11) is 0. The van der Waals surface area contributed by atoms with Gasteiger partial charge in [0.05, 0.1) is 5.92 Å². The Balaban J connectivity index is 0.00000288. The molecular weight excluding hydrogens is 546 g/mol. The van der Waals surface area contributed by atoms with E-state index in [2.05, 4.69) is 40.0 Å². The molecule has 0 aliphatic rings. The van der Waals surface area contributed by atoms with E-state index in [9.17, 15) is 4.39 Å². The standard InChI is InChI=1S/C20H21BrFN.CH3.Ta/c1-4-12-23-19(5-2)20(15-8-6-9-16(21)13-15)17-10-7-11-18(22)14(17)3;;/h5-13,20H,4H2,1-3H3;1H3;/q;-1;/b19-5-,23-12?;;. The summed E-state index contributed by atoms with van der Waals surface area (Å²) in [4.78, 5) is 4.61. The van der Waals surface area contributed by atoms with Crippen molar-refractivity contribution in [1.29, 1.82) is 0 Å². The van der Waals surface area contributed by atoms with Crippen LogP contribution >= 0.6 is 15.9 Å². The van der Waals surface area contributed by atoms with Crippen molar-refractivity contribution in [2.24, 2.45) is 4.99 Å². The quantitative estimate of drug-likeness (QED) is 0.275. The number of benzene rings is 2. The first-order valence-corrected chi connectivity index (χ1v) is 8.57. The molecule has 0 aliphatic heterocycles. The minimum atomic E-state index is -0.183. The summed E-state index contributed by atoms with van der Waals surface area (Å²) in [6, 6.07) is 13.4. The van der Waals surface area contributed by atoms with Crippen molar-refractivity contribution in [3.8, 4) is 0 Å². The number of rotatable bonds is 5. The average molecular weight is 570 g/mol. The molecule has 2 rings (SSSR count). The molecule has 133 valence electrons. The molecule has 0 aromatic heterocycles. The maximum absolute atomic E-state index is 14.1. The molecule has 0 spiro atoms. The molecule has 0 amide bonds. The second kappa shape index (κ2) is 11.6. The van der Waals surface area contributed by atoms with Crippen LogP contribution in [0.1, 0.15) is 42.9 Å². The van der Waals surface area contributed by atoms with Crippen molar-refractivity contribution < 1.29 is 26.8 Å². The average Bonchev–Trinajstić information content (AvgIpc) is 2.54. The Morgan fingerprint density at radius 1 is 1.24 bits per heavy atom. The van der Waals surface area contributed by atoms with Crippen molar-refractivity contribution in [1.82, 2.24) is 0 Å². The van der Waals surface area contributed by atoms with Gasteiger partial charge in [-0.1, -0.05) is 53.2 Å². The van der Waals surface area contributed by atoms with Crippen LogP contribution in [0.15, 0.2) is 63.7 Å². The van der Waals surface area contributed by atoms with E-state index in [4.69, 9.17) is 0 Å². The van der Waals surface area contributed by atoms with E-state index in [1.54, 1.807) is 6.07 Å². The largest absolute Gasteiger partial charge is 0.358 e. The number of allylic oxidation sites excluding steroid dienone is 2. The smallest absolute Gasteiger partial charge is 0.126 e. The monoisotopic (exact) mass is 569 g/mol. The van der Waals surface area contributed by atoms with E-state index in [1.165, 1.54) is 6.07 Å². The van der Waals surface area contributed by atoms with Gasteiger partial charge in [0.15, 0.2) is 0 Å². The number of aliphatic imine (C=N–C) groups is 1. The first-order chi connectivity index (χ1) is 11.1. The van der Waals surface area contributed by atoms with Crippen molar-refractivity contribution in [3.63, 3.8) is 0 Å². The first kappa shape index (κ1) is 24.0. The molecule has 0 N–H and O–H groups in total. The Morgan fingerprint density at radius 2 is 1.92 bits per heavy atom. The summed E-state index contributed by atoms with van der Waals surface area (Å²) in [5, 5.41) is 0. The van der Waals surface area contributed by atoms with Crippen LogP contribution in [0.4, 0.5) is 4.39 Å². The molecule has 0 saturated carbocycles. The third-order valence-corrected chi connectivity index (χ3v) is 4.31. The van der Waals surface area contributed by atoms with Gasteiger partial charge in [0.1, 0.15) is 5.82 Å². The molecule has 2 aromatic carbocycles. The van der Waals surface area contributed by atoms with Gasteiger partial charge in [-0.3, -0.25) is 4.99 Å². The number of hydrogen-bond donors (Lipinski definition) is 0. The van der Waals surface area contributed by atoms with Gasteiger partial charge in [0.25, 0.3) is 0 Å². The minimum Gasteiger partial charge on any atom is -0.358 e. The molecule has 2 aromatic rings. The molecule has 1 radical (unpaired) electrons. The molecule has 0 fully saturated rings. The zero-order valence-electron chi connectivity index (χ0n) is 15.1. The number of halogens is 2. The van der Waals surface area contributed by atoms with Crippen LogP contribution in [0.2, 0.25) is 0 Å². The van der Waals surface area contributed by atoms with Crippen molar-refractivity contribution in [2.45, 2.75) is 33.1 Å². The molecule has 1 atom stereocenters. The van der Waals surface area contributed by atoms with E-state index in [0.29, 0.717) is 5.56 Å². The summed E-state index contributed by atoms with van der Waals surface area (Å²) in [5.41, 5.74) is 3.64. The summed E-state index contributed by atoms with van der Waals surface area (Å²) in [5.74, 6) is -0.270. The summed E-state index contributed by atoms with van der Waals surface area (Å²) in [6.45, 7) is 5.85. The minimum absolute atomic E-state index is 0. The van der Waals surface area contributed by atoms with Crippen molar-refractivity contribution in [2.75, 3.05) is 0 Å². The predicted molar refractivity (Wildman–Crippen MR) is 106 cm³/mol. The summed E-state index contributed by atoms with van der Waals surface area (Å²) in [6.07, 6.45) is 4.77. The first-order valence-electron chi connectivity index (χ1n) is 7.77. The molecule has 25 heavy (non-hydrogen) atoms. The third-order valence-electron chi connectivity index (χ3n) is 3.82. The van der Waals surface area contributed by atoms with Gasteiger partial charge in [0.2, 0.25) is 0 Å². The summed E-state index contributed by atoms with van der Waals surface area (Å²) >= 11 is 3.53. The van der Waals surface area contributed by atoms with Gasteiger partial charge in [-0.15, -0.1) is 0 Å². The fraction of sp³-hybridized carbons (Fsp3) is 0.238. The Hall–Kier alpha value is -1.000. The number of nitrogens with zero attached hydrogens (tertiary/aromatic N) is 1. The fourth-order valence-corrected chi connectivity index (χ4v) is 3.06. The maximum Gasteiger partial charge on any atom is 0.126 e. The molecule has 0 heterocycles. The Kier molecular flexibility index (Phi) is 11.1. The second-order valence-electron chi connectivity index (χ2n) is 5.38. The molecule has 1 unspecified atom stereocenters. The van der Waals surface area contributed by atoms with Gasteiger partial charge >= 0.3 is 0 Å². The van der Waals surface area contributed by atoms with E-state index in [0.717, 1.165) is 27.7 Å². The van der Waals surface area contributed by atoms with Crippen LogP contribution in [0, 0.1) is 20.2 Å². The Bertz CT molecular complexity index is 740. The van der Waals surface area contributed by atoms with Crippen molar-refractivity contribution in [3.05, 3.63) is 88.6 Å². The van der Waals surface area contributed by atoms with E-state index >= 15 is 0 Å². The number of hydrogen-bond acceptors (Lipinski definition) is 1. The fourth-order valence-electron chi connectivity index (χ4n) is 2.65. The normalized spacial score (nSPS) is 12.4. The maximum atomic E-state index is 14.1. The van der Waals surface area contributed by atoms with Crippen LogP contribution in [-0.2, 0) is 22.4 Å². The topological polar surface area (TPSA) is 12.4 Å². The van der Waals surface area contributed by atoms with Crippen LogP contribution < -0.4 is 0 Å². The van der Waals surface area contributed by atoms with Gasteiger partial charge in [-0.05, 0) is 55.2 Å². The van der Waals surface area contributed by atoms with Crippen LogP contribution in [-0.4, -0.2) is 6.21 Å². The van der Waals surface area contributed by atoms with E-state index < -0.39 is 0 Å². The Labute approximate surface area is 175 Å². The molecule has 1 nitrogen and oxygen atoms in total. The zero-order valence-corrected chi connectivity index (χ0v) is 19.9. The molecular formula is C21H24BrFNTa-. The zero-order chi connectivity index (χ0) is 16.8. The second-order valence-corrected chi connectivity index (χ2v) is 6.29. The Morgan fingerprint density at radius 3 is 2.52 bits per heavy atom. The molecule has 0 aliphatic carbocycles. The molecule has 4 heteroatoms. The predicted octanol–water partition coefficient (Wildman–Crippen LogP) is 6.86. The van der Waals surface area contributed by atoms with Gasteiger partial charge in [0, 0.05) is 38.8 Å². The van der Waals surface area contributed by atoms with Crippen LogP contribution in [0.5, 0.6) is 0 Å². The van der Waals surface area contributed by atoms with Crippen molar-refractivity contribution >= 4 is 22.1 Å². The van der Waals surface area contributed by atoms with Crippen LogP contribution in [0.3, 0.4) is 0 Å². The molecule has 0 saturated heterocycles. The van der Waals surface area contributed by atoms with Gasteiger partial charge in [-0.2, -0.15) is 0 Å². The van der Waals surface area contributed by atoms with Crippen LogP contribution in [0.25, 0.3) is 0 Å².